The lowest BCUT2D eigenvalue weighted by atomic mass is 9.97. The topological polar surface area (TPSA) is 90.4 Å². The highest BCUT2D eigenvalue weighted by Gasteiger charge is 2.38. The van der Waals surface area contributed by atoms with Gasteiger partial charge < -0.3 is 10.2 Å². The van der Waals surface area contributed by atoms with Crippen LogP contribution in [0.5, 0.6) is 0 Å². The SMILES string of the molecule is O=C(Cc1cnc(N2CCC(CNC3CC3c3ccc(-c4ccc(F)cc4)cc3)CC2)nc1)NO. The van der Waals surface area contributed by atoms with Crippen molar-refractivity contribution in [2.45, 2.75) is 37.6 Å². The third-order valence-electron chi connectivity index (χ3n) is 7.05. The molecule has 0 spiro atoms. The highest BCUT2D eigenvalue weighted by atomic mass is 19.1. The van der Waals surface area contributed by atoms with Crippen molar-refractivity contribution in [3.05, 3.63) is 77.9 Å². The minimum atomic E-state index is -0.477. The fourth-order valence-corrected chi connectivity index (χ4v) is 4.84. The van der Waals surface area contributed by atoms with E-state index in [2.05, 4.69) is 44.5 Å². The highest BCUT2D eigenvalue weighted by molar-refractivity contribution is 5.77. The number of piperidine rings is 1. The Balaban J connectivity index is 1.05. The number of carbonyl (C=O) groups excluding carboxylic acids is 1. The lowest BCUT2D eigenvalue weighted by Crippen LogP contribution is -2.38. The average molecular weight is 476 g/mol. The summed E-state index contributed by atoms with van der Waals surface area (Å²) in [7, 11) is 0. The van der Waals surface area contributed by atoms with Gasteiger partial charge >= 0.3 is 0 Å². The number of hydrogen-bond donors (Lipinski definition) is 3. The molecule has 2 fully saturated rings. The first-order valence-electron chi connectivity index (χ1n) is 12.2. The molecule has 182 valence electrons. The van der Waals surface area contributed by atoms with E-state index in [1.54, 1.807) is 17.9 Å². The van der Waals surface area contributed by atoms with E-state index in [1.807, 2.05) is 12.1 Å². The Kier molecular flexibility index (Phi) is 7.01. The van der Waals surface area contributed by atoms with Crippen LogP contribution in [-0.2, 0) is 11.2 Å². The number of hydroxylamine groups is 1. The Bertz CT molecular complexity index is 1130. The molecule has 1 aliphatic heterocycles. The summed E-state index contributed by atoms with van der Waals surface area (Å²) in [5.74, 6) is 1.21. The summed E-state index contributed by atoms with van der Waals surface area (Å²) in [5.41, 5.74) is 5.80. The second-order valence-electron chi connectivity index (χ2n) is 9.52. The maximum atomic E-state index is 13.2. The molecule has 1 aliphatic carbocycles. The van der Waals surface area contributed by atoms with Crippen LogP contribution in [0.4, 0.5) is 10.3 Å². The van der Waals surface area contributed by atoms with Crippen LogP contribution in [0.1, 0.15) is 36.3 Å². The molecule has 2 aromatic carbocycles. The average Bonchev–Trinajstić information content (AvgIpc) is 3.68. The van der Waals surface area contributed by atoms with Gasteiger partial charge in [0.15, 0.2) is 0 Å². The number of hydrogen-bond acceptors (Lipinski definition) is 6. The van der Waals surface area contributed by atoms with Crippen LogP contribution < -0.4 is 15.7 Å². The number of halogens is 1. The predicted molar refractivity (Wildman–Crippen MR) is 132 cm³/mol. The maximum Gasteiger partial charge on any atom is 0.247 e. The van der Waals surface area contributed by atoms with E-state index >= 15 is 0 Å². The first-order chi connectivity index (χ1) is 17.1. The lowest BCUT2D eigenvalue weighted by molar-refractivity contribution is -0.128. The van der Waals surface area contributed by atoms with Crippen LogP contribution in [0.2, 0.25) is 0 Å². The van der Waals surface area contributed by atoms with Crippen molar-refractivity contribution in [1.82, 2.24) is 20.8 Å². The molecule has 1 saturated carbocycles. The second kappa shape index (κ2) is 10.5. The standard InChI is InChI=1S/C27H30FN5O2/c28-23-7-5-21(6-8-23)20-1-3-22(4-2-20)24-14-25(24)29-15-18-9-11-33(12-10-18)27-30-16-19(17-31-27)13-26(34)32-35/h1-8,16-18,24-25,29,35H,9-15H2,(H,32,34). The van der Waals surface area contributed by atoms with Crippen LogP contribution >= 0.6 is 0 Å². The van der Waals surface area contributed by atoms with E-state index < -0.39 is 5.91 Å². The van der Waals surface area contributed by atoms with Crippen molar-refractivity contribution >= 4 is 11.9 Å². The zero-order chi connectivity index (χ0) is 24.2. The van der Waals surface area contributed by atoms with E-state index in [1.165, 1.54) is 24.1 Å². The summed E-state index contributed by atoms with van der Waals surface area (Å²) in [4.78, 5) is 22.2. The van der Waals surface area contributed by atoms with Gasteiger partial charge in [-0.15, -0.1) is 0 Å². The molecule has 0 radical (unpaired) electrons. The zero-order valence-electron chi connectivity index (χ0n) is 19.5. The van der Waals surface area contributed by atoms with Crippen molar-refractivity contribution in [3.8, 4) is 11.1 Å². The predicted octanol–water partition coefficient (Wildman–Crippen LogP) is 3.69. The number of aromatic nitrogens is 2. The summed E-state index contributed by atoms with van der Waals surface area (Å²) in [6.07, 6.45) is 6.70. The molecule has 35 heavy (non-hydrogen) atoms. The number of nitrogens with zero attached hydrogens (tertiary/aromatic N) is 3. The van der Waals surface area contributed by atoms with Crippen LogP contribution in [-0.4, -0.2) is 46.8 Å². The molecular weight excluding hydrogens is 445 g/mol. The first kappa shape index (κ1) is 23.4. The van der Waals surface area contributed by atoms with Crippen molar-refractivity contribution in [2.24, 2.45) is 5.92 Å². The summed E-state index contributed by atoms with van der Waals surface area (Å²) in [6, 6.07) is 15.8. The molecule has 3 N–H and O–H groups in total. The molecule has 7 nitrogen and oxygen atoms in total. The van der Waals surface area contributed by atoms with E-state index in [-0.39, 0.29) is 12.2 Å². The molecule has 0 bridgehead atoms. The number of rotatable bonds is 8. The molecule has 2 aliphatic rings. The molecule has 1 saturated heterocycles. The number of benzene rings is 2. The van der Waals surface area contributed by atoms with Crippen LogP contribution in [0, 0.1) is 11.7 Å². The minimum absolute atomic E-state index is 0.0606. The fraction of sp³-hybridized carbons (Fsp3) is 0.370. The number of carbonyl (C=O) groups is 1. The first-order valence-corrected chi connectivity index (χ1v) is 12.2. The Hall–Kier alpha value is -3.36. The maximum absolute atomic E-state index is 13.2. The van der Waals surface area contributed by atoms with Crippen LogP contribution in [0.3, 0.4) is 0 Å². The normalized spacial score (nSPS) is 20.0. The summed E-state index contributed by atoms with van der Waals surface area (Å²) >= 11 is 0. The molecule has 8 heteroatoms. The van der Waals surface area contributed by atoms with Gasteiger partial charge in [0.1, 0.15) is 5.82 Å². The molecule has 2 atom stereocenters. The molecule has 3 aromatic rings. The molecular formula is C27H30FN5O2. The summed E-state index contributed by atoms with van der Waals surface area (Å²) in [6.45, 7) is 2.86. The van der Waals surface area contributed by atoms with Gasteiger partial charge in [0.2, 0.25) is 11.9 Å². The number of nitrogens with one attached hydrogen (secondary N) is 2. The van der Waals surface area contributed by atoms with Crippen molar-refractivity contribution in [1.29, 1.82) is 0 Å². The molecule has 2 unspecified atom stereocenters. The fourth-order valence-electron chi connectivity index (χ4n) is 4.84. The van der Waals surface area contributed by atoms with Gasteiger partial charge in [-0.25, -0.2) is 19.8 Å². The van der Waals surface area contributed by atoms with Crippen molar-refractivity contribution < 1.29 is 14.4 Å². The third-order valence-corrected chi connectivity index (χ3v) is 7.05. The Morgan fingerprint density at radius 2 is 1.63 bits per heavy atom. The Morgan fingerprint density at radius 1 is 1.00 bits per heavy atom. The van der Waals surface area contributed by atoms with E-state index in [4.69, 9.17) is 5.21 Å². The smallest absolute Gasteiger partial charge is 0.247 e. The summed E-state index contributed by atoms with van der Waals surface area (Å²) in [5, 5.41) is 12.4. The Labute approximate surface area is 204 Å². The van der Waals surface area contributed by atoms with E-state index in [9.17, 15) is 9.18 Å². The number of anilines is 1. The van der Waals surface area contributed by atoms with Gasteiger partial charge in [-0.05, 0) is 66.1 Å². The van der Waals surface area contributed by atoms with Crippen molar-refractivity contribution in [3.63, 3.8) is 0 Å². The lowest BCUT2D eigenvalue weighted by Gasteiger charge is -2.32. The minimum Gasteiger partial charge on any atom is -0.341 e. The monoisotopic (exact) mass is 475 g/mol. The van der Waals surface area contributed by atoms with Gasteiger partial charge in [0.05, 0.1) is 6.42 Å². The van der Waals surface area contributed by atoms with Crippen molar-refractivity contribution in [2.75, 3.05) is 24.5 Å². The van der Waals surface area contributed by atoms with Gasteiger partial charge in [-0.1, -0.05) is 36.4 Å². The van der Waals surface area contributed by atoms with Crippen LogP contribution in [0.25, 0.3) is 11.1 Å². The Morgan fingerprint density at radius 3 is 2.26 bits per heavy atom. The van der Waals surface area contributed by atoms with Gasteiger partial charge in [0.25, 0.3) is 0 Å². The van der Waals surface area contributed by atoms with Gasteiger partial charge in [-0.2, -0.15) is 0 Å². The molecule has 2 heterocycles. The largest absolute Gasteiger partial charge is 0.341 e. The number of amides is 1. The van der Waals surface area contributed by atoms with Crippen LogP contribution in [0.15, 0.2) is 60.9 Å². The highest BCUT2D eigenvalue weighted by Crippen LogP contribution is 2.41. The molecule has 1 aromatic heterocycles. The zero-order valence-corrected chi connectivity index (χ0v) is 19.5. The van der Waals surface area contributed by atoms with Gasteiger partial charge in [-0.3, -0.25) is 10.0 Å². The summed E-state index contributed by atoms with van der Waals surface area (Å²) < 4.78 is 13.2. The third kappa shape index (κ3) is 5.83. The molecule has 1 amide bonds. The molecule has 5 rings (SSSR count). The van der Waals surface area contributed by atoms with E-state index in [0.29, 0.717) is 29.4 Å². The quantitative estimate of drug-likeness (QED) is 0.340. The van der Waals surface area contributed by atoms with Gasteiger partial charge in [0, 0.05) is 37.4 Å². The second-order valence-corrected chi connectivity index (χ2v) is 9.52. The van der Waals surface area contributed by atoms with E-state index in [0.717, 1.165) is 43.6 Å².